The third-order valence-electron chi connectivity index (χ3n) is 1.06. The quantitative estimate of drug-likeness (QED) is 0.484. The Balaban J connectivity index is 0. The van der Waals surface area contributed by atoms with Crippen molar-refractivity contribution in [3.63, 3.8) is 0 Å². The molecule has 0 aromatic carbocycles. The van der Waals surface area contributed by atoms with Crippen LogP contribution in [0.2, 0.25) is 0 Å². The third-order valence-corrected chi connectivity index (χ3v) is 1.06. The van der Waals surface area contributed by atoms with E-state index in [2.05, 4.69) is 6.92 Å². The molecule has 0 aliphatic heterocycles. The Morgan fingerprint density at radius 3 is 1.83 bits per heavy atom. The lowest BCUT2D eigenvalue weighted by molar-refractivity contribution is -1.92. The zero-order chi connectivity index (χ0) is 10.0. The van der Waals surface area contributed by atoms with Crippen LogP contribution in [0.25, 0.3) is 0 Å². The maximum absolute atomic E-state index is 8.60. The molecule has 0 aliphatic carbocycles. The Hall–Kier alpha value is 0.0900. The second-order valence-electron chi connectivity index (χ2n) is 2.25. The van der Waals surface area contributed by atoms with Gasteiger partial charge in [-0.2, -0.15) is 14.0 Å². The van der Waals surface area contributed by atoms with Crippen LogP contribution in [-0.2, 0) is 0 Å². The number of hydrogen-bond acceptors (Lipinski definition) is 5. The van der Waals surface area contributed by atoms with Crippen LogP contribution < -0.4 is 19.7 Å². The molecule has 0 aromatic heterocycles. The lowest BCUT2D eigenvalue weighted by Crippen LogP contribution is -2.58. The van der Waals surface area contributed by atoms with Gasteiger partial charge in [-0.05, 0) is 13.0 Å². The van der Waals surface area contributed by atoms with Gasteiger partial charge in [0.2, 0.25) is 0 Å². The molecule has 0 saturated heterocycles. The summed E-state index contributed by atoms with van der Waals surface area (Å²) in [6, 6.07) is 0. The smallest absolute Gasteiger partial charge is 0.0777 e. The van der Waals surface area contributed by atoms with E-state index in [4.69, 9.17) is 24.4 Å². The van der Waals surface area contributed by atoms with Gasteiger partial charge in [-0.15, -0.1) is 0 Å². The van der Waals surface area contributed by atoms with Crippen molar-refractivity contribution in [2.75, 3.05) is 6.54 Å². The molecule has 0 radical (unpaired) electrons. The number of hydrogen-bond donors (Lipinski definition) is 2. The van der Waals surface area contributed by atoms with Crippen molar-refractivity contribution in [1.82, 2.24) is 0 Å². The Kier molecular flexibility index (Phi) is 11.2. The Morgan fingerprint density at radius 2 is 1.58 bits per heavy atom. The highest BCUT2D eigenvalue weighted by Crippen LogP contribution is 1.95. The van der Waals surface area contributed by atoms with Crippen LogP contribution in [0.4, 0.5) is 0 Å². The fourth-order valence-corrected chi connectivity index (χ4v) is 0.571. The molecular formula is C6H16ClNO4. The van der Waals surface area contributed by atoms with Gasteiger partial charge in [-0.3, -0.25) is 0 Å². The van der Waals surface area contributed by atoms with Crippen LogP contribution >= 0.6 is 0 Å². The lowest BCUT2D eigenvalue weighted by Gasteiger charge is -2.03. The van der Waals surface area contributed by atoms with Crippen LogP contribution in [0.3, 0.4) is 0 Å². The van der Waals surface area contributed by atoms with Crippen molar-refractivity contribution in [2.45, 2.75) is 32.6 Å². The maximum atomic E-state index is 8.60. The highest BCUT2D eigenvalue weighted by Gasteiger charge is 1.98. The van der Waals surface area contributed by atoms with E-state index in [1.165, 1.54) is 25.7 Å². The molecule has 3 N–H and O–H groups in total. The van der Waals surface area contributed by atoms with Gasteiger partial charge in [0.25, 0.3) is 0 Å². The zero-order valence-electron chi connectivity index (χ0n) is 7.16. The van der Waals surface area contributed by atoms with Crippen molar-refractivity contribution < 1.29 is 28.9 Å². The molecule has 0 aromatic rings. The topological polar surface area (TPSA) is 115 Å². The van der Waals surface area contributed by atoms with Crippen molar-refractivity contribution in [1.29, 1.82) is 0 Å². The molecule has 76 valence electrons. The van der Waals surface area contributed by atoms with Gasteiger partial charge < -0.3 is 5.73 Å². The van der Waals surface area contributed by atoms with Gasteiger partial charge in [-0.25, -0.2) is 0 Å². The van der Waals surface area contributed by atoms with Crippen molar-refractivity contribution in [3.05, 3.63) is 0 Å². The normalized spacial score (nSPS) is 10.5. The summed E-state index contributed by atoms with van der Waals surface area (Å²) in [5.74, 6) is 0. The van der Waals surface area contributed by atoms with Gasteiger partial charge in [0.15, 0.2) is 0 Å². The summed E-state index contributed by atoms with van der Waals surface area (Å²) in [6.45, 7) is 3.07. The van der Waals surface area contributed by atoms with Crippen LogP contribution in [0.1, 0.15) is 32.6 Å². The molecule has 0 saturated carbocycles. The molecule has 5 nitrogen and oxygen atoms in total. The first kappa shape index (κ1) is 14.6. The number of nitrogens with two attached hydrogens (primary N) is 1. The molecule has 0 bridgehead atoms. The van der Waals surface area contributed by atoms with Crippen LogP contribution in [0.15, 0.2) is 0 Å². The standard InChI is InChI=1S/C6H15N.ClHO4/c1-2-3-4-5-6-7;2-1(3,4)5/h2-7H2,1H3;(H,2,3,4,5). The fourth-order valence-electron chi connectivity index (χ4n) is 0.571. The van der Waals surface area contributed by atoms with E-state index in [1.807, 2.05) is 0 Å². The largest absolute Gasteiger partial charge is 0.330 e. The molecule has 0 rings (SSSR count). The molecule has 0 amide bonds. The number of unbranched alkanes of at least 4 members (excludes halogenated alkanes) is 3. The van der Waals surface area contributed by atoms with E-state index < -0.39 is 10.2 Å². The summed E-state index contributed by atoms with van der Waals surface area (Å²) in [5, 5.41) is 0. The fraction of sp³-hybridized carbons (Fsp3) is 1.00. The maximum Gasteiger partial charge on any atom is 0.0777 e. The number of halogens is 1. The second-order valence-corrected chi connectivity index (χ2v) is 3.04. The Morgan fingerprint density at radius 1 is 1.17 bits per heavy atom. The van der Waals surface area contributed by atoms with E-state index in [9.17, 15) is 0 Å². The van der Waals surface area contributed by atoms with Crippen molar-refractivity contribution in [2.24, 2.45) is 5.73 Å². The zero-order valence-corrected chi connectivity index (χ0v) is 7.92. The minimum absolute atomic E-state index is 0.861. The molecule has 6 heteroatoms. The predicted molar refractivity (Wildman–Crippen MR) is 35.4 cm³/mol. The highest BCUT2D eigenvalue weighted by atomic mass is 35.7. The van der Waals surface area contributed by atoms with Crippen LogP contribution in [0, 0.1) is 10.2 Å². The van der Waals surface area contributed by atoms with Gasteiger partial charge in [0.1, 0.15) is 0 Å². The first-order valence-corrected chi connectivity index (χ1v) is 5.01. The monoisotopic (exact) mass is 201 g/mol. The molecule has 0 spiro atoms. The molecule has 0 aliphatic rings. The molecule has 0 atom stereocenters. The summed E-state index contributed by atoms with van der Waals surface area (Å²) in [7, 11) is -4.69. The minimum atomic E-state index is -4.69. The van der Waals surface area contributed by atoms with Gasteiger partial charge in [-0.1, -0.05) is 26.2 Å². The summed E-state index contributed by atoms with van der Waals surface area (Å²) in [4.78, 5) is 0. The van der Waals surface area contributed by atoms with Crippen LogP contribution in [0.5, 0.6) is 0 Å². The highest BCUT2D eigenvalue weighted by molar-refractivity contribution is 4.38. The first-order chi connectivity index (χ1) is 5.41. The Labute approximate surface area is 74.5 Å². The van der Waals surface area contributed by atoms with Crippen molar-refractivity contribution in [3.8, 4) is 0 Å². The predicted octanol–water partition coefficient (Wildman–Crippen LogP) is -2.60. The van der Waals surface area contributed by atoms with Crippen molar-refractivity contribution >= 4 is 0 Å². The average Bonchev–Trinajstić information content (AvgIpc) is 1.85. The SMILES string of the molecule is CCCCCCN.[O-][Cl+3]([O-])([O-])O. The lowest BCUT2D eigenvalue weighted by atomic mass is 10.2. The van der Waals surface area contributed by atoms with E-state index in [0.29, 0.717) is 0 Å². The summed E-state index contributed by atoms with van der Waals surface area (Å²) >= 11 is 0. The molecule has 0 unspecified atom stereocenters. The average molecular weight is 202 g/mol. The van der Waals surface area contributed by atoms with E-state index in [-0.39, 0.29) is 0 Å². The minimum Gasteiger partial charge on any atom is -0.330 e. The molecule has 0 fully saturated rings. The summed E-state index contributed by atoms with van der Waals surface area (Å²) in [6.07, 6.45) is 5.16. The van der Waals surface area contributed by atoms with Crippen LogP contribution in [-0.4, -0.2) is 11.2 Å². The Bertz CT molecular complexity index is 76.1. The third kappa shape index (κ3) is 49.8. The molecular weight excluding hydrogens is 186 g/mol. The second kappa shape index (κ2) is 9.18. The van der Waals surface area contributed by atoms with Gasteiger partial charge in [0.05, 0.1) is 14.9 Å². The van der Waals surface area contributed by atoms with E-state index >= 15 is 0 Å². The van der Waals surface area contributed by atoms with Gasteiger partial charge in [0, 0.05) is 0 Å². The summed E-state index contributed by atoms with van der Waals surface area (Å²) in [5.41, 5.74) is 5.27. The van der Waals surface area contributed by atoms with E-state index in [0.717, 1.165) is 6.54 Å². The van der Waals surface area contributed by atoms with Gasteiger partial charge >= 0.3 is 0 Å². The van der Waals surface area contributed by atoms with E-state index in [1.54, 1.807) is 0 Å². The number of rotatable bonds is 4. The summed E-state index contributed by atoms with van der Waals surface area (Å²) < 4.78 is 32.7. The first-order valence-electron chi connectivity index (χ1n) is 3.75. The molecule has 0 heterocycles. The molecule has 12 heavy (non-hydrogen) atoms.